The van der Waals surface area contributed by atoms with E-state index >= 15 is 0 Å². The first-order valence-corrected chi connectivity index (χ1v) is 6.99. The van der Waals surface area contributed by atoms with Crippen LogP contribution in [0.1, 0.15) is 11.1 Å². The van der Waals surface area contributed by atoms with Gasteiger partial charge in [-0.3, -0.25) is 0 Å². The van der Waals surface area contributed by atoms with Gasteiger partial charge in [-0.15, -0.1) is 0 Å². The lowest BCUT2D eigenvalue weighted by Gasteiger charge is -2.14. The molecule has 112 valence electrons. The fraction of sp³-hybridized carbons (Fsp3) is 0.200. The van der Waals surface area contributed by atoms with E-state index in [4.69, 9.17) is 0 Å². The molecule has 2 aromatic carbocycles. The highest BCUT2D eigenvalue weighted by Gasteiger charge is 2.11. The summed E-state index contributed by atoms with van der Waals surface area (Å²) in [6, 6.07) is 9.42. The van der Waals surface area contributed by atoms with Crippen molar-refractivity contribution < 1.29 is 17.9 Å². The summed E-state index contributed by atoms with van der Waals surface area (Å²) in [5, 5.41) is 2.92. The van der Waals surface area contributed by atoms with Gasteiger partial charge in [0.15, 0.2) is 0 Å². The standard InChI is InChI=1S/C15H13BrF3NO/c1-9-3-2-4-12(17)14(9)20-8-10-7-11(16)5-6-13(10)21-15(18)19/h2-7,15,20H,8H2,1H3. The molecule has 0 saturated carbocycles. The van der Waals surface area contributed by atoms with E-state index < -0.39 is 6.61 Å². The third kappa shape index (κ3) is 4.14. The zero-order valence-corrected chi connectivity index (χ0v) is 12.8. The summed E-state index contributed by atoms with van der Waals surface area (Å²) < 4.78 is 43.7. The Kier molecular flexibility index (Phi) is 5.12. The van der Waals surface area contributed by atoms with Crippen molar-refractivity contribution in [2.45, 2.75) is 20.1 Å². The lowest BCUT2D eigenvalue weighted by molar-refractivity contribution is -0.0504. The molecule has 0 aliphatic heterocycles. The average molecular weight is 360 g/mol. The molecule has 0 aliphatic carbocycles. The van der Waals surface area contributed by atoms with Crippen LogP contribution in [0.15, 0.2) is 40.9 Å². The summed E-state index contributed by atoms with van der Waals surface area (Å²) in [5.74, 6) is -0.323. The Hall–Kier alpha value is -1.69. The molecule has 2 rings (SSSR count). The van der Waals surface area contributed by atoms with Crippen molar-refractivity contribution in [2.24, 2.45) is 0 Å². The van der Waals surface area contributed by atoms with Crippen molar-refractivity contribution in [3.63, 3.8) is 0 Å². The number of hydrogen-bond acceptors (Lipinski definition) is 2. The number of para-hydroxylation sites is 1. The monoisotopic (exact) mass is 359 g/mol. The largest absolute Gasteiger partial charge is 0.434 e. The Bertz CT molecular complexity index is 614. The summed E-state index contributed by atoms with van der Waals surface area (Å²) in [6.07, 6.45) is 0. The molecular formula is C15H13BrF3NO. The van der Waals surface area contributed by atoms with Crippen molar-refractivity contribution >= 4 is 21.6 Å². The molecule has 0 spiro atoms. The second-order valence-corrected chi connectivity index (χ2v) is 5.33. The van der Waals surface area contributed by atoms with Crippen molar-refractivity contribution in [3.8, 4) is 5.75 Å². The predicted octanol–water partition coefficient (Wildman–Crippen LogP) is 5.11. The summed E-state index contributed by atoms with van der Waals surface area (Å²) >= 11 is 3.27. The Morgan fingerprint density at radius 1 is 1.24 bits per heavy atom. The quantitative estimate of drug-likeness (QED) is 0.800. The van der Waals surface area contributed by atoms with Crippen molar-refractivity contribution in [1.29, 1.82) is 0 Å². The minimum atomic E-state index is -2.90. The Morgan fingerprint density at radius 2 is 2.00 bits per heavy atom. The van der Waals surface area contributed by atoms with Gasteiger partial charge in [0, 0.05) is 16.6 Å². The molecule has 0 bridgehead atoms. The minimum absolute atomic E-state index is 0.0645. The number of anilines is 1. The topological polar surface area (TPSA) is 21.3 Å². The molecule has 0 amide bonds. The van der Waals surface area contributed by atoms with E-state index in [1.165, 1.54) is 12.1 Å². The van der Waals surface area contributed by atoms with E-state index in [-0.39, 0.29) is 18.1 Å². The minimum Gasteiger partial charge on any atom is -0.434 e. The second-order valence-electron chi connectivity index (χ2n) is 4.42. The van der Waals surface area contributed by atoms with Gasteiger partial charge in [0.2, 0.25) is 0 Å². The van der Waals surface area contributed by atoms with Crippen LogP contribution >= 0.6 is 15.9 Å². The van der Waals surface area contributed by atoms with Crippen LogP contribution in [-0.4, -0.2) is 6.61 Å². The Balaban J connectivity index is 2.21. The van der Waals surface area contributed by atoms with Gasteiger partial charge in [0.25, 0.3) is 0 Å². The van der Waals surface area contributed by atoms with Crippen molar-refractivity contribution in [2.75, 3.05) is 5.32 Å². The third-order valence-electron chi connectivity index (χ3n) is 2.92. The van der Waals surface area contributed by atoms with E-state index in [1.54, 1.807) is 31.2 Å². The van der Waals surface area contributed by atoms with Gasteiger partial charge in [-0.1, -0.05) is 28.1 Å². The summed E-state index contributed by atoms with van der Waals surface area (Å²) in [6.45, 7) is -0.966. The van der Waals surface area contributed by atoms with Gasteiger partial charge < -0.3 is 10.1 Å². The zero-order chi connectivity index (χ0) is 15.4. The molecule has 0 saturated heterocycles. The first kappa shape index (κ1) is 15.7. The third-order valence-corrected chi connectivity index (χ3v) is 3.41. The van der Waals surface area contributed by atoms with Gasteiger partial charge in [-0.2, -0.15) is 8.78 Å². The molecule has 21 heavy (non-hydrogen) atoms. The number of nitrogens with one attached hydrogen (secondary N) is 1. The predicted molar refractivity (Wildman–Crippen MR) is 79.2 cm³/mol. The molecule has 0 atom stereocenters. The van der Waals surface area contributed by atoms with Crippen LogP contribution in [0.2, 0.25) is 0 Å². The molecule has 0 heterocycles. The molecule has 0 fully saturated rings. The highest BCUT2D eigenvalue weighted by Crippen LogP contribution is 2.27. The number of alkyl halides is 2. The van der Waals surface area contributed by atoms with Crippen LogP contribution in [0.25, 0.3) is 0 Å². The van der Waals surface area contributed by atoms with Crippen molar-refractivity contribution in [3.05, 3.63) is 57.8 Å². The smallest absolute Gasteiger partial charge is 0.387 e. The van der Waals surface area contributed by atoms with Crippen LogP contribution in [0, 0.1) is 12.7 Å². The molecular weight excluding hydrogens is 347 g/mol. The maximum absolute atomic E-state index is 13.7. The van der Waals surface area contributed by atoms with E-state index in [2.05, 4.69) is 26.0 Å². The van der Waals surface area contributed by atoms with E-state index in [1.807, 2.05) is 0 Å². The van der Waals surface area contributed by atoms with Crippen LogP contribution < -0.4 is 10.1 Å². The first-order valence-electron chi connectivity index (χ1n) is 6.19. The fourth-order valence-electron chi connectivity index (χ4n) is 1.94. The van der Waals surface area contributed by atoms with Crippen LogP contribution in [-0.2, 0) is 6.54 Å². The molecule has 0 aromatic heterocycles. The highest BCUT2D eigenvalue weighted by molar-refractivity contribution is 9.10. The first-order chi connectivity index (χ1) is 9.97. The van der Waals surface area contributed by atoms with E-state index in [9.17, 15) is 13.2 Å². The number of aryl methyl sites for hydroxylation is 1. The normalized spacial score (nSPS) is 10.8. The molecule has 2 aromatic rings. The Morgan fingerprint density at radius 3 is 2.67 bits per heavy atom. The van der Waals surface area contributed by atoms with Crippen molar-refractivity contribution in [1.82, 2.24) is 0 Å². The van der Waals surface area contributed by atoms with Crippen LogP contribution in [0.5, 0.6) is 5.75 Å². The summed E-state index contributed by atoms with van der Waals surface area (Å²) in [4.78, 5) is 0. The number of ether oxygens (including phenoxy) is 1. The Labute approximate surface area is 129 Å². The molecule has 0 unspecified atom stereocenters. The number of rotatable bonds is 5. The van der Waals surface area contributed by atoms with E-state index in [0.29, 0.717) is 11.3 Å². The number of hydrogen-bond donors (Lipinski definition) is 1. The maximum Gasteiger partial charge on any atom is 0.387 e. The molecule has 2 nitrogen and oxygen atoms in total. The fourth-order valence-corrected chi connectivity index (χ4v) is 2.35. The number of benzene rings is 2. The lowest BCUT2D eigenvalue weighted by Crippen LogP contribution is -2.08. The average Bonchev–Trinajstić information content (AvgIpc) is 2.40. The van der Waals surface area contributed by atoms with Gasteiger partial charge in [-0.05, 0) is 36.8 Å². The van der Waals surface area contributed by atoms with Crippen LogP contribution in [0.4, 0.5) is 18.9 Å². The molecule has 0 radical (unpaired) electrons. The van der Waals surface area contributed by atoms with Gasteiger partial charge in [0.05, 0.1) is 5.69 Å². The molecule has 1 N–H and O–H groups in total. The van der Waals surface area contributed by atoms with Gasteiger partial charge in [-0.25, -0.2) is 4.39 Å². The van der Waals surface area contributed by atoms with E-state index in [0.717, 1.165) is 10.0 Å². The van der Waals surface area contributed by atoms with Crippen LogP contribution in [0.3, 0.4) is 0 Å². The lowest BCUT2D eigenvalue weighted by atomic mass is 10.1. The molecule has 0 aliphatic rings. The maximum atomic E-state index is 13.7. The van der Waals surface area contributed by atoms with Gasteiger partial charge in [0.1, 0.15) is 11.6 Å². The SMILES string of the molecule is Cc1cccc(F)c1NCc1cc(Br)ccc1OC(F)F. The molecule has 6 heteroatoms. The highest BCUT2D eigenvalue weighted by atomic mass is 79.9. The number of halogens is 4. The van der Waals surface area contributed by atoms with Gasteiger partial charge >= 0.3 is 6.61 Å². The zero-order valence-electron chi connectivity index (χ0n) is 11.2. The second kappa shape index (κ2) is 6.85. The summed E-state index contributed by atoms with van der Waals surface area (Å²) in [5.41, 5.74) is 1.59. The summed E-state index contributed by atoms with van der Waals surface area (Å²) in [7, 11) is 0.